The van der Waals surface area contributed by atoms with Gasteiger partial charge in [-0.05, 0) is 38.1 Å². The van der Waals surface area contributed by atoms with E-state index in [1.165, 1.54) is 12.8 Å². The molecule has 1 aliphatic carbocycles. The Labute approximate surface area is 98.3 Å². The Morgan fingerprint density at radius 2 is 2.19 bits per heavy atom. The van der Waals surface area contributed by atoms with E-state index in [0.29, 0.717) is 13.2 Å². The average Bonchev–Trinajstić information content (AvgIpc) is 3.07. The Kier molecular flexibility index (Phi) is 7.76. The van der Waals surface area contributed by atoms with Crippen LogP contribution in [0.5, 0.6) is 0 Å². The van der Waals surface area contributed by atoms with Crippen LogP contribution in [-0.4, -0.2) is 51.2 Å². The molecule has 16 heavy (non-hydrogen) atoms. The Bertz CT molecular complexity index is 162. The van der Waals surface area contributed by atoms with Gasteiger partial charge in [0.2, 0.25) is 0 Å². The number of aliphatic hydroxyl groups is 1. The summed E-state index contributed by atoms with van der Waals surface area (Å²) in [5.74, 6) is 0.772. The summed E-state index contributed by atoms with van der Waals surface area (Å²) in [4.78, 5) is 0. The lowest BCUT2D eigenvalue weighted by Gasteiger charge is -2.12. The van der Waals surface area contributed by atoms with Crippen molar-refractivity contribution in [1.29, 1.82) is 0 Å². The molecule has 1 atom stereocenters. The van der Waals surface area contributed by atoms with Gasteiger partial charge in [0, 0.05) is 26.9 Å². The van der Waals surface area contributed by atoms with Crippen molar-refractivity contribution in [1.82, 2.24) is 5.32 Å². The molecule has 0 aromatic carbocycles. The van der Waals surface area contributed by atoms with Crippen molar-refractivity contribution in [2.75, 3.05) is 40.0 Å². The summed E-state index contributed by atoms with van der Waals surface area (Å²) >= 11 is 0. The van der Waals surface area contributed by atoms with Crippen LogP contribution in [0.4, 0.5) is 0 Å². The number of rotatable bonds is 11. The highest BCUT2D eigenvalue weighted by molar-refractivity contribution is 4.72. The second-order valence-corrected chi connectivity index (χ2v) is 4.54. The number of hydrogen-bond donors (Lipinski definition) is 2. The van der Waals surface area contributed by atoms with Gasteiger partial charge in [-0.15, -0.1) is 0 Å². The first-order valence-electron chi connectivity index (χ1n) is 6.28. The first-order chi connectivity index (χ1) is 7.83. The van der Waals surface area contributed by atoms with E-state index in [1.807, 2.05) is 0 Å². The Morgan fingerprint density at radius 1 is 1.38 bits per heavy atom. The molecular formula is C12H25NO3. The summed E-state index contributed by atoms with van der Waals surface area (Å²) in [7, 11) is 1.72. The molecule has 0 amide bonds. The van der Waals surface area contributed by atoms with E-state index in [1.54, 1.807) is 7.11 Å². The van der Waals surface area contributed by atoms with E-state index in [-0.39, 0.29) is 6.10 Å². The van der Waals surface area contributed by atoms with Crippen molar-refractivity contribution in [2.24, 2.45) is 5.92 Å². The molecular weight excluding hydrogens is 206 g/mol. The molecule has 0 saturated heterocycles. The van der Waals surface area contributed by atoms with Gasteiger partial charge in [0.25, 0.3) is 0 Å². The Morgan fingerprint density at radius 3 is 2.88 bits per heavy atom. The largest absolute Gasteiger partial charge is 0.389 e. The highest BCUT2D eigenvalue weighted by Gasteiger charge is 2.21. The van der Waals surface area contributed by atoms with Gasteiger partial charge in [-0.25, -0.2) is 0 Å². The zero-order valence-electron chi connectivity index (χ0n) is 10.3. The average molecular weight is 231 g/mol. The minimum absolute atomic E-state index is 0.374. The van der Waals surface area contributed by atoms with Gasteiger partial charge in [0.15, 0.2) is 0 Å². The maximum absolute atomic E-state index is 9.57. The van der Waals surface area contributed by atoms with Gasteiger partial charge in [-0.2, -0.15) is 0 Å². The van der Waals surface area contributed by atoms with E-state index in [2.05, 4.69) is 5.32 Å². The molecule has 2 N–H and O–H groups in total. The maximum atomic E-state index is 9.57. The fourth-order valence-corrected chi connectivity index (χ4v) is 1.48. The van der Waals surface area contributed by atoms with Crippen LogP contribution in [0.1, 0.15) is 25.7 Å². The Balaban J connectivity index is 1.76. The molecule has 1 unspecified atom stereocenters. The molecule has 1 saturated carbocycles. The van der Waals surface area contributed by atoms with Crippen LogP contribution in [0, 0.1) is 5.92 Å². The van der Waals surface area contributed by atoms with Crippen molar-refractivity contribution in [3.63, 3.8) is 0 Å². The van der Waals surface area contributed by atoms with Crippen molar-refractivity contribution in [3.05, 3.63) is 0 Å². The molecule has 0 heterocycles. The normalized spacial score (nSPS) is 17.6. The molecule has 0 radical (unpaired) electrons. The van der Waals surface area contributed by atoms with E-state index in [4.69, 9.17) is 9.47 Å². The summed E-state index contributed by atoms with van der Waals surface area (Å²) in [5, 5.41) is 12.8. The third-order valence-corrected chi connectivity index (χ3v) is 2.69. The van der Waals surface area contributed by atoms with Crippen molar-refractivity contribution in [2.45, 2.75) is 31.8 Å². The summed E-state index contributed by atoms with van der Waals surface area (Å²) in [5.41, 5.74) is 0. The van der Waals surface area contributed by atoms with Gasteiger partial charge < -0.3 is 19.9 Å². The molecule has 0 aliphatic heterocycles. The third-order valence-electron chi connectivity index (χ3n) is 2.69. The fraction of sp³-hybridized carbons (Fsp3) is 1.00. The van der Waals surface area contributed by atoms with Crippen LogP contribution in [0.2, 0.25) is 0 Å². The van der Waals surface area contributed by atoms with Gasteiger partial charge in [0.05, 0.1) is 12.7 Å². The smallest absolute Gasteiger partial charge is 0.0897 e. The summed E-state index contributed by atoms with van der Waals surface area (Å²) < 4.78 is 10.4. The number of unbranched alkanes of at least 4 members (excludes halogenated alkanes) is 1. The van der Waals surface area contributed by atoms with Gasteiger partial charge in [0.1, 0.15) is 0 Å². The molecule has 4 nitrogen and oxygen atoms in total. The predicted molar refractivity (Wildman–Crippen MR) is 63.5 cm³/mol. The SMILES string of the molecule is COCCCCNCC(O)COCC1CC1. The molecule has 1 fully saturated rings. The lowest BCUT2D eigenvalue weighted by molar-refractivity contribution is 0.0326. The van der Waals surface area contributed by atoms with Gasteiger partial charge >= 0.3 is 0 Å². The molecule has 1 aliphatic rings. The number of aliphatic hydroxyl groups excluding tert-OH is 1. The molecule has 0 aromatic rings. The van der Waals surface area contributed by atoms with Crippen LogP contribution >= 0.6 is 0 Å². The van der Waals surface area contributed by atoms with Crippen molar-refractivity contribution < 1.29 is 14.6 Å². The van der Waals surface area contributed by atoms with Gasteiger partial charge in [-0.1, -0.05) is 0 Å². The second-order valence-electron chi connectivity index (χ2n) is 4.54. The standard InChI is InChI=1S/C12H25NO3/c1-15-7-3-2-6-13-8-12(14)10-16-9-11-4-5-11/h11-14H,2-10H2,1H3. The third kappa shape index (κ3) is 8.05. The van der Waals surface area contributed by atoms with Gasteiger partial charge in [-0.3, -0.25) is 0 Å². The van der Waals surface area contributed by atoms with Crippen LogP contribution in [0.25, 0.3) is 0 Å². The fourth-order valence-electron chi connectivity index (χ4n) is 1.48. The van der Waals surface area contributed by atoms with Crippen LogP contribution in [-0.2, 0) is 9.47 Å². The van der Waals surface area contributed by atoms with Crippen molar-refractivity contribution in [3.8, 4) is 0 Å². The van der Waals surface area contributed by atoms with E-state index < -0.39 is 0 Å². The number of hydrogen-bond acceptors (Lipinski definition) is 4. The van der Waals surface area contributed by atoms with Crippen molar-refractivity contribution >= 4 is 0 Å². The van der Waals surface area contributed by atoms with E-state index >= 15 is 0 Å². The zero-order chi connectivity index (χ0) is 11.6. The zero-order valence-corrected chi connectivity index (χ0v) is 10.3. The van der Waals surface area contributed by atoms with Crippen LogP contribution in [0.3, 0.4) is 0 Å². The maximum Gasteiger partial charge on any atom is 0.0897 e. The minimum Gasteiger partial charge on any atom is -0.389 e. The van der Waals surface area contributed by atoms with E-state index in [0.717, 1.165) is 38.5 Å². The molecule has 0 spiro atoms. The summed E-state index contributed by atoms with van der Waals surface area (Å²) in [6, 6.07) is 0. The number of methoxy groups -OCH3 is 1. The Hall–Kier alpha value is -0.160. The van der Waals surface area contributed by atoms with Crippen LogP contribution < -0.4 is 5.32 Å². The second kappa shape index (κ2) is 8.93. The molecule has 0 bridgehead atoms. The topological polar surface area (TPSA) is 50.7 Å². The lowest BCUT2D eigenvalue weighted by atomic mass is 10.3. The molecule has 4 heteroatoms. The number of nitrogens with one attached hydrogen (secondary N) is 1. The monoisotopic (exact) mass is 231 g/mol. The molecule has 1 rings (SSSR count). The lowest BCUT2D eigenvalue weighted by Crippen LogP contribution is -2.31. The minimum atomic E-state index is -0.374. The summed E-state index contributed by atoms with van der Waals surface area (Å²) in [6.07, 6.45) is 4.38. The quantitative estimate of drug-likeness (QED) is 0.516. The first kappa shape index (κ1) is 13.9. The molecule has 96 valence electrons. The first-order valence-corrected chi connectivity index (χ1v) is 6.28. The molecule has 0 aromatic heterocycles. The van der Waals surface area contributed by atoms with Crippen LogP contribution in [0.15, 0.2) is 0 Å². The summed E-state index contributed by atoms with van der Waals surface area (Å²) in [6.45, 7) is 3.65. The van der Waals surface area contributed by atoms with E-state index in [9.17, 15) is 5.11 Å². The highest BCUT2D eigenvalue weighted by Crippen LogP contribution is 2.28. The highest BCUT2D eigenvalue weighted by atomic mass is 16.5. The number of ether oxygens (including phenoxy) is 2. The predicted octanol–water partition coefficient (Wildman–Crippen LogP) is 0.790.